The van der Waals surface area contributed by atoms with Gasteiger partial charge in [0, 0.05) is 12.3 Å². The Bertz CT molecular complexity index is 655. The molecule has 1 saturated heterocycles. The van der Waals surface area contributed by atoms with Crippen LogP contribution in [0.4, 0.5) is 0 Å². The largest absolute Gasteiger partial charge is 1.00 e. The summed E-state index contributed by atoms with van der Waals surface area (Å²) < 4.78 is 14.6. The zero-order valence-corrected chi connectivity index (χ0v) is 20.7. The van der Waals surface area contributed by atoms with Crippen LogP contribution in [-0.4, -0.2) is 49.8 Å². The third-order valence-corrected chi connectivity index (χ3v) is 2.64. The summed E-state index contributed by atoms with van der Waals surface area (Å²) in [6, 6.07) is 1.09. The Kier molecular flexibility index (Phi) is 17.2. The van der Waals surface area contributed by atoms with Crippen LogP contribution in [0.25, 0.3) is 0 Å². The van der Waals surface area contributed by atoms with Gasteiger partial charge in [-0.25, -0.2) is 4.79 Å². The van der Waals surface area contributed by atoms with Gasteiger partial charge in [0.15, 0.2) is 6.23 Å². The predicted molar refractivity (Wildman–Crippen MR) is 61.9 cm³/mol. The molecule has 0 aliphatic carbocycles. The van der Waals surface area contributed by atoms with Crippen LogP contribution >= 0.6 is 7.82 Å². The summed E-state index contributed by atoms with van der Waals surface area (Å²) in [4.78, 5) is 50.0. The number of aromatic amines is 1. The molecule has 2 rings (SSSR count). The molecule has 4 N–H and O–H groups in total. The van der Waals surface area contributed by atoms with Crippen LogP contribution in [0.3, 0.4) is 0 Å². The van der Waals surface area contributed by atoms with Crippen molar-refractivity contribution in [2.45, 2.75) is 24.5 Å². The SMILES string of the molecule is O=P([O-])([O-])[O-].O=c1ccn([C@@H]2O[C@H](CO)[C@@H](O)[C@H]2O)c(=O)[nH]1.[Na+].[Na+].[Na+]. The number of nitrogens with one attached hydrogen (secondary N) is 1. The van der Waals surface area contributed by atoms with E-state index in [0.29, 0.717) is 0 Å². The second-order valence-electron chi connectivity index (χ2n) is 4.19. The predicted octanol–water partition coefficient (Wildman–Crippen LogP) is -14.7. The molecule has 2 heterocycles. The Morgan fingerprint density at radius 3 is 2.00 bits per heavy atom. The van der Waals surface area contributed by atoms with Gasteiger partial charge >= 0.3 is 94.4 Å². The van der Waals surface area contributed by atoms with E-state index in [-0.39, 0.29) is 88.7 Å². The van der Waals surface area contributed by atoms with Crippen molar-refractivity contribution in [2.75, 3.05) is 6.61 Å². The molecule has 4 atom stereocenters. The molecule has 1 aromatic heterocycles. The van der Waals surface area contributed by atoms with Crippen LogP contribution in [0.5, 0.6) is 0 Å². The van der Waals surface area contributed by atoms with Crippen LogP contribution in [0.1, 0.15) is 6.23 Å². The Balaban J connectivity index is -0.000000539. The van der Waals surface area contributed by atoms with Crippen molar-refractivity contribution in [3.8, 4) is 0 Å². The van der Waals surface area contributed by atoms with Gasteiger partial charge in [-0.2, -0.15) is 7.82 Å². The Morgan fingerprint density at radius 2 is 1.64 bits per heavy atom. The summed E-state index contributed by atoms with van der Waals surface area (Å²) in [5.74, 6) is 0. The molecule has 16 heteroatoms. The van der Waals surface area contributed by atoms with E-state index in [0.717, 1.165) is 16.8 Å². The molecule has 0 amide bonds. The average molecular weight is 408 g/mol. The first-order valence-corrected chi connectivity index (χ1v) is 7.17. The first-order valence-electron chi connectivity index (χ1n) is 5.71. The number of ether oxygens (including phenoxy) is 1. The first-order chi connectivity index (χ1) is 10.0. The average Bonchev–Trinajstić information content (AvgIpc) is 2.64. The van der Waals surface area contributed by atoms with Gasteiger partial charge in [0.05, 0.1) is 6.61 Å². The second-order valence-corrected chi connectivity index (χ2v) is 5.09. The van der Waals surface area contributed by atoms with E-state index in [1.54, 1.807) is 0 Å². The van der Waals surface area contributed by atoms with Crippen molar-refractivity contribution in [1.29, 1.82) is 0 Å². The molecule has 25 heavy (non-hydrogen) atoms. The number of aliphatic hydroxyl groups excluding tert-OH is 3. The Labute approximate surface area is 207 Å². The van der Waals surface area contributed by atoms with Crippen molar-refractivity contribution < 1.29 is 128 Å². The van der Waals surface area contributed by atoms with Crippen molar-refractivity contribution in [3.05, 3.63) is 33.1 Å². The number of hydrogen-bond donors (Lipinski definition) is 4. The van der Waals surface area contributed by atoms with Crippen LogP contribution in [0, 0.1) is 0 Å². The summed E-state index contributed by atoms with van der Waals surface area (Å²) in [6.45, 7) is -0.479. The summed E-state index contributed by atoms with van der Waals surface area (Å²) in [6.07, 6.45) is -3.58. The standard InChI is InChI=1S/C9H12N2O6.3Na.H3O4P/c12-3-4-6(14)7(15)8(17-4)11-2-1-5(13)10-9(11)16;;;;1-5(2,3)4/h1-2,4,6-8,12,14-15H,3H2,(H,10,13,16);;;;(H3,1,2,3,4)/q;3*+1;/p-3/t4-,6-,7-,8-;;;;/m1..../s1. The van der Waals surface area contributed by atoms with Crippen LogP contribution in [0.15, 0.2) is 21.9 Å². The molecule has 1 fully saturated rings. The summed E-state index contributed by atoms with van der Waals surface area (Å²) in [5.41, 5.74) is -1.33. The third-order valence-electron chi connectivity index (χ3n) is 2.64. The fourth-order valence-electron chi connectivity index (χ4n) is 1.74. The number of aliphatic hydroxyl groups is 3. The molecule has 1 aliphatic rings. The molecule has 126 valence electrons. The Hall–Kier alpha value is 1.63. The molecule has 1 aromatic rings. The van der Waals surface area contributed by atoms with Gasteiger partial charge in [-0.3, -0.25) is 14.3 Å². The smallest absolute Gasteiger partial charge is 0.822 e. The zero-order chi connectivity index (χ0) is 17.1. The van der Waals surface area contributed by atoms with E-state index >= 15 is 0 Å². The normalized spacial score (nSPS) is 24.7. The quantitative estimate of drug-likeness (QED) is 0.268. The monoisotopic (exact) mass is 408 g/mol. The van der Waals surface area contributed by atoms with E-state index in [9.17, 15) is 19.8 Å². The summed E-state index contributed by atoms with van der Waals surface area (Å²) >= 11 is 0. The van der Waals surface area contributed by atoms with E-state index < -0.39 is 50.2 Å². The van der Waals surface area contributed by atoms with Crippen molar-refractivity contribution in [1.82, 2.24) is 9.55 Å². The topological polar surface area (TPSA) is 211 Å². The van der Waals surface area contributed by atoms with E-state index in [4.69, 9.17) is 29.1 Å². The molecule has 1 aliphatic heterocycles. The number of nitrogens with zero attached hydrogens (tertiary/aromatic N) is 1. The van der Waals surface area contributed by atoms with Crippen molar-refractivity contribution in [3.63, 3.8) is 0 Å². The van der Waals surface area contributed by atoms with E-state index in [1.807, 2.05) is 4.98 Å². The van der Waals surface area contributed by atoms with E-state index in [2.05, 4.69) is 0 Å². The fraction of sp³-hybridized carbons (Fsp3) is 0.556. The molecule has 12 nitrogen and oxygen atoms in total. The molecule has 0 radical (unpaired) electrons. The van der Waals surface area contributed by atoms with Crippen LogP contribution in [0.2, 0.25) is 0 Å². The number of H-pyrrole nitrogens is 1. The van der Waals surface area contributed by atoms with Gasteiger partial charge < -0.3 is 39.3 Å². The molecule has 0 saturated carbocycles. The molecule has 0 spiro atoms. The van der Waals surface area contributed by atoms with Gasteiger partial charge in [0.25, 0.3) is 5.56 Å². The molecule has 0 bridgehead atoms. The summed E-state index contributed by atoms with van der Waals surface area (Å²) in [5, 5.41) is 28.1. The maximum absolute atomic E-state index is 11.4. The number of aromatic nitrogens is 2. The van der Waals surface area contributed by atoms with Crippen LogP contribution < -0.4 is 115 Å². The maximum atomic E-state index is 11.4. The number of hydrogen-bond acceptors (Lipinski definition) is 10. The summed E-state index contributed by atoms with van der Waals surface area (Å²) in [7, 11) is -5.39. The minimum absolute atomic E-state index is 0. The fourth-order valence-corrected chi connectivity index (χ4v) is 1.74. The van der Waals surface area contributed by atoms with Gasteiger partial charge in [-0.15, -0.1) is 0 Å². The zero-order valence-electron chi connectivity index (χ0n) is 13.8. The first kappa shape index (κ1) is 31.3. The van der Waals surface area contributed by atoms with Crippen LogP contribution in [-0.2, 0) is 9.30 Å². The van der Waals surface area contributed by atoms with Gasteiger partial charge in [0.1, 0.15) is 18.3 Å². The minimum atomic E-state index is -5.39. The van der Waals surface area contributed by atoms with Crippen molar-refractivity contribution in [2.24, 2.45) is 0 Å². The van der Waals surface area contributed by atoms with Gasteiger partial charge in [-0.1, -0.05) is 0 Å². The molecule has 0 aromatic carbocycles. The van der Waals surface area contributed by atoms with E-state index in [1.165, 1.54) is 0 Å². The number of rotatable bonds is 2. The third kappa shape index (κ3) is 10.7. The van der Waals surface area contributed by atoms with Crippen molar-refractivity contribution >= 4 is 7.82 Å². The molecular weight excluding hydrogens is 396 g/mol. The molecule has 0 unspecified atom stereocenters. The van der Waals surface area contributed by atoms with Gasteiger partial charge in [-0.05, 0) is 0 Å². The van der Waals surface area contributed by atoms with Gasteiger partial charge in [0.2, 0.25) is 0 Å². The second kappa shape index (κ2) is 13.7. The minimum Gasteiger partial charge on any atom is -0.822 e. The Morgan fingerprint density at radius 1 is 1.16 bits per heavy atom. The maximum Gasteiger partial charge on any atom is 1.00 e. The number of phosphoric acid groups is 1. The molecular formula is C9H12N2Na3O10P.